The molecule has 1 aromatic heterocycles. The van der Waals surface area contributed by atoms with Crippen LogP contribution in [0.3, 0.4) is 0 Å². The number of nitrogens with zero attached hydrogens (tertiary/aromatic N) is 3. The fourth-order valence-corrected chi connectivity index (χ4v) is 3.78. The fourth-order valence-electron chi connectivity index (χ4n) is 3.12. The van der Waals surface area contributed by atoms with Crippen LogP contribution in [-0.2, 0) is 19.5 Å². The SMILES string of the molecule is CCc1nnsc1C(=O)NCc1ccc(CN2CCC(C)CC2)cc1. The molecule has 1 aliphatic rings. The van der Waals surface area contributed by atoms with Crippen molar-refractivity contribution < 1.29 is 4.79 Å². The van der Waals surface area contributed by atoms with Crippen molar-refractivity contribution in [2.75, 3.05) is 13.1 Å². The van der Waals surface area contributed by atoms with Crippen LogP contribution in [0, 0.1) is 5.92 Å². The standard InChI is InChI=1S/C19H26N4OS/c1-3-17-18(25-22-21-17)19(24)20-12-15-4-6-16(7-5-15)13-23-10-8-14(2)9-11-23/h4-7,14H,3,8-13H2,1-2H3,(H,20,24). The number of hydrogen-bond donors (Lipinski definition) is 1. The first-order valence-corrected chi connectivity index (χ1v) is 9.82. The molecular formula is C19H26N4OS. The fraction of sp³-hybridized carbons (Fsp3) is 0.526. The van der Waals surface area contributed by atoms with Gasteiger partial charge in [-0.1, -0.05) is 42.6 Å². The number of aromatic nitrogens is 2. The number of piperidine rings is 1. The molecule has 0 atom stereocenters. The molecule has 25 heavy (non-hydrogen) atoms. The predicted molar refractivity (Wildman–Crippen MR) is 101 cm³/mol. The molecule has 0 unspecified atom stereocenters. The summed E-state index contributed by atoms with van der Waals surface area (Å²) in [6.45, 7) is 8.26. The first-order chi connectivity index (χ1) is 12.2. The normalized spacial score (nSPS) is 16.1. The Kier molecular flexibility index (Phi) is 6.15. The summed E-state index contributed by atoms with van der Waals surface area (Å²) in [5.41, 5.74) is 3.22. The van der Waals surface area contributed by atoms with E-state index >= 15 is 0 Å². The maximum absolute atomic E-state index is 12.2. The van der Waals surface area contributed by atoms with E-state index < -0.39 is 0 Å². The van der Waals surface area contributed by atoms with E-state index in [1.54, 1.807) is 0 Å². The molecule has 0 bridgehead atoms. The molecule has 1 saturated heterocycles. The minimum absolute atomic E-state index is 0.0848. The van der Waals surface area contributed by atoms with Gasteiger partial charge >= 0.3 is 0 Å². The van der Waals surface area contributed by atoms with Gasteiger partial charge in [0.1, 0.15) is 4.88 Å². The van der Waals surface area contributed by atoms with Crippen molar-refractivity contribution in [1.82, 2.24) is 19.8 Å². The van der Waals surface area contributed by atoms with Gasteiger partial charge in [0.25, 0.3) is 5.91 Å². The smallest absolute Gasteiger partial charge is 0.265 e. The Hall–Kier alpha value is -1.79. The van der Waals surface area contributed by atoms with Gasteiger partial charge in [-0.05, 0) is 60.9 Å². The summed E-state index contributed by atoms with van der Waals surface area (Å²) in [6, 6.07) is 8.55. The molecule has 2 heterocycles. The quantitative estimate of drug-likeness (QED) is 0.861. The number of rotatable bonds is 6. The van der Waals surface area contributed by atoms with Crippen molar-refractivity contribution in [3.8, 4) is 0 Å². The Morgan fingerprint density at radius 2 is 1.92 bits per heavy atom. The summed E-state index contributed by atoms with van der Waals surface area (Å²) in [5, 5.41) is 6.95. The molecule has 0 radical (unpaired) electrons. The Bertz CT molecular complexity index is 690. The molecule has 2 aromatic rings. The second-order valence-electron chi connectivity index (χ2n) is 6.86. The summed E-state index contributed by atoms with van der Waals surface area (Å²) in [7, 11) is 0. The van der Waals surface area contributed by atoms with Crippen LogP contribution in [0.1, 0.15) is 53.2 Å². The van der Waals surface area contributed by atoms with Gasteiger partial charge in [0.05, 0.1) is 5.69 Å². The van der Waals surface area contributed by atoms with E-state index in [-0.39, 0.29) is 5.91 Å². The Morgan fingerprint density at radius 3 is 2.60 bits per heavy atom. The number of amides is 1. The average Bonchev–Trinajstić information content (AvgIpc) is 3.12. The zero-order valence-electron chi connectivity index (χ0n) is 15.0. The molecule has 5 nitrogen and oxygen atoms in total. The van der Waals surface area contributed by atoms with Crippen LogP contribution in [0.25, 0.3) is 0 Å². The molecule has 6 heteroatoms. The largest absolute Gasteiger partial charge is 0.347 e. The highest BCUT2D eigenvalue weighted by atomic mass is 32.1. The molecule has 1 aromatic carbocycles. The van der Waals surface area contributed by atoms with E-state index in [1.165, 1.54) is 31.5 Å². The summed E-state index contributed by atoms with van der Waals surface area (Å²) < 4.78 is 3.87. The summed E-state index contributed by atoms with van der Waals surface area (Å²) in [5.74, 6) is 0.780. The van der Waals surface area contributed by atoms with Crippen molar-refractivity contribution in [2.45, 2.75) is 46.2 Å². The lowest BCUT2D eigenvalue weighted by atomic mass is 9.99. The number of carbonyl (C=O) groups excluding carboxylic acids is 1. The van der Waals surface area contributed by atoms with Crippen LogP contribution in [0.15, 0.2) is 24.3 Å². The lowest BCUT2D eigenvalue weighted by Gasteiger charge is -2.30. The van der Waals surface area contributed by atoms with E-state index in [1.807, 2.05) is 6.92 Å². The highest BCUT2D eigenvalue weighted by molar-refractivity contribution is 7.08. The predicted octanol–water partition coefficient (Wildman–Crippen LogP) is 3.26. The molecule has 1 amide bonds. The number of nitrogens with one attached hydrogen (secondary N) is 1. The topological polar surface area (TPSA) is 58.1 Å². The third-order valence-electron chi connectivity index (χ3n) is 4.86. The van der Waals surface area contributed by atoms with Gasteiger partial charge < -0.3 is 5.32 Å². The van der Waals surface area contributed by atoms with Crippen LogP contribution in [0.4, 0.5) is 0 Å². The minimum atomic E-state index is -0.0848. The molecule has 0 saturated carbocycles. The molecule has 1 aliphatic heterocycles. The highest BCUT2D eigenvalue weighted by Gasteiger charge is 2.16. The van der Waals surface area contributed by atoms with E-state index in [4.69, 9.17) is 0 Å². The van der Waals surface area contributed by atoms with Gasteiger partial charge in [-0.25, -0.2) is 0 Å². The summed E-state index contributed by atoms with van der Waals surface area (Å²) in [6.07, 6.45) is 3.33. The van der Waals surface area contributed by atoms with E-state index in [0.29, 0.717) is 11.4 Å². The van der Waals surface area contributed by atoms with Crippen molar-refractivity contribution >= 4 is 17.4 Å². The van der Waals surface area contributed by atoms with Crippen molar-refractivity contribution in [1.29, 1.82) is 0 Å². The second kappa shape index (κ2) is 8.54. The molecule has 3 rings (SSSR count). The lowest BCUT2D eigenvalue weighted by Crippen LogP contribution is -2.32. The summed E-state index contributed by atoms with van der Waals surface area (Å²) in [4.78, 5) is 15.4. The zero-order chi connectivity index (χ0) is 17.6. The highest BCUT2D eigenvalue weighted by Crippen LogP contribution is 2.18. The van der Waals surface area contributed by atoms with Crippen LogP contribution in [0.5, 0.6) is 0 Å². The Labute approximate surface area is 153 Å². The van der Waals surface area contributed by atoms with Gasteiger partial charge in [-0.15, -0.1) is 5.10 Å². The maximum atomic E-state index is 12.2. The van der Waals surface area contributed by atoms with Gasteiger partial charge in [0, 0.05) is 13.1 Å². The first kappa shape index (κ1) is 18.0. The van der Waals surface area contributed by atoms with Crippen molar-refractivity contribution in [3.05, 3.63) is 46.0 Å². The van der Waals surface area contributed by atoms with Crippen LogP contribution < -0.4 is 5.32 Å². The molecule has 134 valence electrons. The lowest BCUT2D eigenvalue weighted by molar-refractivity contribution is 0.0954. The molecular weight excluding hydrogens is 332 g/mol. The van der Waals surface area contributed by atoms with Gasteiger partial charge in [-0.3, -0.25) is 9.69 Å². The number of carbonyl (C=O) groups is 1. The van der Waals surface area contributed by atoms with E-state index in [2.05, 4.69) is 51.0 Å². The van der Waals surface area contributed by atoms with Gasteiger partial charge in [-0.2, -0.15) is 0 Å². The van der Waals surface area contributed by atoms with Crippen LogP contribution in [-0.4, -0.2) is 33.5 Å². The molecule has 0 aliphatic carbocycles. The second-order valence-corrected chi connectivity index (χ2v) is 7.61. The third-order valence-corrected chi connectivity index (χ3v) is 5.62. The first-order valence-electron chi connectivity index (χ1n) is 9.05. The molecule has 1 fully saturated rings. The van der Waals surface area contributed by atoms with E-state index in [0.717, 1.165) is 41.7 Å². The summed E-state index contributed by atoms with van der Waals surface area (Å²) >= 11 is 1.16. The molecule has 1 N–H and O–H groups in total. The number of hydrogen-bond acceptors (Lipinski definition) is 5. The van der Waals surface area contributed by atoms with E-state index in [9.17, 15) is 4.79 Å². The third kappa shape index (κ3) is 4.86. The zero-order valence-corrected chi connectivity index (χ0v) is 15.8. The number of aryl methyl sites for hydroxylation is 1. The van der Waals surface area contributed by atoms with Gasteiger partial charge in [0.15, 0.2) is 0 Å². The average molecular weight is 359 g/mol. The monoisotopic (exact) mass is 358 g/mol. The number of benzene rings is 1. The van der Waals surface area contributed by atoms with Crippen molar-refractivity contribution in [3.63, 3.8) is 0 Å². The molecule has 0 spiro atoms. The maximum Gasteiger partial charge on any atom is 0.265 e. The van der Waals surface area contributed by atoms with Crippen LogP contribution >= 0.6 is 11.5 Å². The van der Waals surface area contributed by atoms with Crippen molar-refractivity contribution in [2.24, 2.45) is 5.92 Å². The Balaban J connectivity index is 1.50. The number of likely N-dealkylation sites (tertiary alicyclic amines) is 1. The van der Waals surface area contributed by atoms with Gasteiger partial charge in [0.2, 0.25) is 0 Å². The van der Waals surface area contributed by atoms with Crippen LogP contribution in [0.2, 0.25) is 0 Å². The Morgan fingerprint density at radius 1 is 1.24 bits per heavy atom. The minimum Gasteiger partial charge on any atom is -0.347 e.